The number of fused-ring (bicyclic) bond motifs is 1. The molecule has 0 bridgehead atoms. The average molecular weight is 585 g/mol. The number of hydrogen-bond donors (Lipinski definition) is 2. The van der Waals surface area contributed by atoms with Gasteiger partial charge >= 0.3 is 0 Å². The van der Waals surface area contributed by atoms with Crippen molar-refractivity contribution in [2.75, 3.05) is 27.2 Å². The number of ether oxygens (including phenoxy) is 1. The van der Waals surface area contributed by atoms with Crippen LogP contribution < -0.4 is 10.1 Å². The number of ketones is 1. The lowest BCUT2D eigenvalue weighted by Gasteiger charge is -2.30. The summed E-state index contributed by atoms with van der Waals surface area (Å²) in [6.07, 6.45) is 9.93. The first-order valence-electron chi connectivity index (χ1n) is 15.3. The second-order valence-corrected chi connectivity index (χ2v) is 12.3. The molecule has 1 amide bonds. The van der Waals surface area contributed by atoms with Crippen LogP contribution in [0.25, 0.3) is 22.2 Å². The van der Waals surface area contributed by atoms with Gasteiger partial charge in [0.25, 0.3) is 0 Å². The zero-order valence-electron chi connectivity index (χ0n) is 25.2. The van der Waals surface area contributed by atoms with Crippen molar-refractivity contribution in [1.82, 2.24) is 30.3 Å². The van der Waals surface area contributed by atoms with Crippen molar-refractivity contribution in [3.63, 3.8) is 0 Å². The Hall–Kier alpha value is -4.05. The number of aromatic nitrogens is 4. The highest BCUT2D eigenvalue weighted by Gasteiger charge is 2.58. The molecule has 2 aliphatic rings. The van der Waals surface area contributed by atoms with Gasteiger partial charge in [0.1, 0.15) is 23.5 Å². The fourth-order valence-electron chi connectivity index (χ4n) is 6.46. The fraction of sp³-hybridized carbons (Fsp3) is 0.485. The van der Waals surface area contributed by atoms with E-state index in [2.05, 4.69) is 44.5 Å². The number of nitrogens with zero attached hydrogens (tertiary/aromatic N) is 4. The number of likely N-dealkylation sites (tertiary alicyclic amines) is 1. The van der Waals surface area contributed by atoms with Gasteiger partial charge in [-0.05, 0) is 76.7 Å². The molecule has 1 aliphatic carbocycles. The third-order valence-corrected chi connectivity index (χ3v) is 9.29. The third kappa shape index (κ3) is 6.34. The van der Waals surface area contributed by atoms with E-state index in [1.54, 1.807) is 13.2 Å². The smallest absolute Gasteiger partial charge is 0.224 e. The number of rotatable bonds is 12. The number of H-pyrrole nitrogens is 1. The minimum absolute atomic E-state index is 0.0128. The molecule has 1 unspecified atom stereocenters. The maximum atomic E-state index is 13.6. The van der Waals surface area contributed by atoms with Gasteiger partial charge < -0.3 is 24.5 Å². The van der Waals surface area contributed by atoms with Crippen LogP contribution in [0.1, 0.15) is 79.4 Å². The molecule has 6 rings (SSSR count). The predicted octanol–water partition coefficient (Wildman–Crippen LogP) is 5.65. The lowest BCUT2D eigenvalue weighted by Crippen LogP contribution is -2.36. The highest BCUT2D eigenvalue weighted by Crippen LogP contribution is 2.59. The molecular formula is C33H40N6O4. The summed E-state index contributed by atoms with van der Waals surface area (Å²) in [5.41, 5.74) is 4.07. The van der Waals surface area contributed by atoms with Crippen LogP contribution in [0.5, 0.6) is 5.75 Å². The zero-order chi connectivity index (χ0) is 30.0. The van der Waals surface area contributed by atoms with E-state index in [0.717, 1.165) is 91.7 Å². The van der Waals surface area contributed by atoms with E-state index >= 15 is 0 Å². The summed E-state index contributed by atoms with van der Waals surface area (Å²) in [5, 5.41) is 8.10. The van der Waals surface area contributed by atoms with Gasteiger partial charge in [-0.2, -0.15) is 0 Å². The number of imidazole rings is 1. The summed E-state index contributed by atoms with van der Waals surface area (Å²) in [6.45, 7) is 4.06. The minimum Gasteiger partial charge on any atom is -0.496 e. The molecule has 1 saturated carbocycles. The predicted molar refractivity (Wildman–Crippen MR) is 163 cm³/mol. The van der Waals surface area contributed by atoms with Gasteiger partial charge in [-0.1, -0.05) is 24.1 Å². The minimum atomic E-state index is -0.257. The lowest BCUT2D eigenvalue weighted by atomic mass is 9.91. The highest BCUT2D eigenvalue weighted by molar-refractivity contribution is 5.93. The van der Waals surface area contributed by atoms with Crippen molar-refractivity contribution < 1.29 is 18.8 Å². The topological polar surface area (TPSA) is 126 Å². The second kappa shape index (κ2) is 12.3. The first-order valence-corrected chi connectivity index (χ1v) is 15.3. The molecule has 10 nitrogen and oxygen atoms in total. The van der Waals surface area contributed by atoms with Gasteiger partial charge in [0, 0.05) is 41.1 Å². The Labute approximate surface area is 251 Å². The molecule has 2 N–H and O–H groups in total. The van der Waals surface area contributed by atoms with Gasteiger partial charge in [-0.3, -0.25) is 14.6 Å². The summed E-state index contributed by atoms with van der Waals surface area (Å²) in [5.74, 6) is 1.61. The van der Waals surface area contributed by atoms with Crippen molar-refractivity contribution >= 4 is 22.6 Å². The molecule has 4 heterocycles. The molecule has 10 heteroatoms. The van der Waals surface area contributed by atoms with Crippen LogP contribution in [-0.2, 0) is 4.79 Å². The number of carbonyl (C=O) groups is 2. The number of amides is 1. The molecule has 0 radical (unpaired) electrons. The largest absolute Gasteiger partial charge is 0.496 e. The average Bonchev–Trinajstić information content (AvgIpc) is 3.36. The van der Waals surface area contributed by atoms with Crippen LogP contribution in [0.2, 0.25) is 0 Å². The van der Waals surface area contributed by atoms with E-state index in [9.17, 15) is 9.59 Å². The quantitative estimate of drug-likeness (QED) is 0.162. The summed E-state index contributed by atoms with van der Waals surface area (Å²) in [6, 6.07) is 9.41. The molecule has 2 atom stereocenters. The van der Waals surface area contributed by atoms with Crippen LogP contribution in [-0.4, -0.2) is 63.9 Å². The van der Waals surface area contributed by atoms with Gasteiger partial charge in [-0.15, -0.1) is 0 Å². The number of methoxy groups -OCH3 is 1. The Balaban J connectivity index is 1.17. The van der Waals surface area contributed by atoms with E-state index in [-0.39, 0.29) is 29.1 Å². The van der Waals surface area contributed by atoms with Crippen LogP contribution >= 0.6 is 0 Å². The molecular weight excluding hydrogens is 544 g/mol. The highest BCUT2D eigenvalue weighted by atomic mass is 16.5. The Bertz CT molecular complexity index is 1590. The van der Waals surface area contributed by atoms with Crippen LogP contribution in [0.4, 0.5) is 0 Å². The number of nitrogens with one attached hydrogen (secondary N) is 2. The van der Waals surface area contributed by atoms with Crippen LogP contribution in [0, 0.1) is 18.3 Å². The first-order chi connectivity index (χ1) is 20.8. The van der Waals surface area contributed by atoms with Crippen LogP contribution in [0.3, 0.4) is 0 Å². The van der Waals surface area contributed by atoms with Gasteiger partial charge in [0.2, 0.25) is 5.91 Å². The first kappa shape index (κ1) is 29.0. The van der Waals surface area contributed by atoms with E-state index in [1.165, 1.54) is 6.26 Å². The second-order valence-electron chi connectivity index (χ2n) is 12.3. The van der Waals surface area contributed by atoms with E-state index in [1.807, 2.05) is 25.3 Å². The summed E-state index contributed by atoms with van der Waals surface area (Å²) < 4.78 is 10.5. The Morgan fingerprint density at radius 3 is 2.79 bits per heavy atom. The number of aryl methyl sites for hydroxylation is 1. The fourth-order valence-corrected chi connectivity index (χ4v) is 6.46. The molecule has 1 aromatic carbocycles. The molecule has 1 aliphatic heterocycles. The summed E-state index contributed by atoms with van der Waals surface area (Å²) >= 11 is 0. The third-order valence-electron chi connectivity index (χ3n) is 9.29. The molecule has 3 aromatic heterocycles. The number of unbranched alkanes of at least 4 members (excludes halogenated alkanes) is 2. The van der Waals surface area contributed by atoms with E-state index < -0.39 is 0 Å². The zero-order valence-corrected chi connectivity index (χ0v) is 25.2. The van der Waals surface area contributed by atoms with Gasteiger partial charge in [0.05, 0.1) is 30.6 Å². The molecule has 1 spiro atoms. The van der Waals surface area contributed by atoms with Crippen molar-refractivity contribution in [1.29, 1.82) is 0 Å². The van der Waals surface area contributed by atoms with Crippen molar-refractivity contribution in [2.45, 2.75) is 64.3 Å². The molecule has 226 valence electrons. The number of hydrogen-bond acceptors (Lipinski definition) is 8. The molecule has 43 heavy (non-hydrogen) atoms. The number of pyridine rings is 1. The number of benzene rings is 1. The standard InChI is InChI=1S/C33H40N6O4/c1-21-9-10-22-17-23(30(42-3)18-27(22)35-21)28-20-34-31(36-28)26(7-5-4-6-8-29(40)25-11-16-43-38-25)37-32(41)24-19-33(24)12-14-39(2)15-13-33/h9-11,16-18,20,24,26H,4-8,12-15,19H2,1-3H3,(H,34,36)(H,37,41)/t24-,26?/m1/s1. The van der Waals surface area contributed by atoms with Crippen LogP contribution in [0.15, 0.2) is 47.3 Å². The van der Waals surface area contributed by atoms with E-state index in [0.29, 0.717) is 17.9 Å². The SMILES string of the molecule is COc1cc2nc(C)ccc2cc1-c1cnc(C(CCCCCC(=O)c2ccon2)NC(=O)[C@H]2CC23CCN(C)CC3)[nH]1. The Kier molecular flexibility index (Phi) is 8.30. The lowest BCUT2D eigenvalue weighted by molar-refractivity contribution is -0.124. The van der Waals surface area contributed by atoms with Crippen molar-refractivity contribution in [3.05, 3.63) is 60.0 Å². The Morgan fingerprint density at radius 1 is 1.19 bits per heavy atom. The number of piperidine rings is 1. The van der Waals surface area contributed by atoms with Crippen molar-refractivity contribution in [3.8, 4) is 17.0 Å². The number of Topliss-reactive ketones (excluding diaryl/α,β-unsaturated/α-hetero) is 1. The number of carbonyl (C=O) groups excluding carboxylic acids is 2. The molecule has 4 aromatic rings. The maximum absolute atomic E-state index is 13.6. The number of aromatic amines is 1. The van der Waals surface area contributed by atoms with Crippen molar-refractivity contribution in [2.24, 2.45) is 11.3 Å². The normalized spacial score (nSPS) is 18.5. The molecule has 2 fully saturated rings. The van der Waals surface area contributed by atoms with Gasteiger partial charge in [-0.25, -0.2) is 4.98 Å². The Morgan fingerprint density at radius 2 is 2.02 bits per heavy atom. The summed E-state index contributed by atoms with van der Waals surface area (Å²) in [4.78, 5) is 41.1. The maximum Gasteiger partial charge on any atom is 0.224 e. The monoisotopic (exact) mass is 584 g/mol. The van der Waals surface area contributed by atoms with Gasteiger partial charge in [0.15, 0.2) is 5.78 Å². The molecule has 1 saturated heterocycles. The summed E-state index contributed by atoms with van der Waals surface area (Å²) in [7, 11) is 3.80. The van der Waals surface area contributed by atoms with E-state index in [4.69, 9.17) is 14.2 Å².